The summed E-state index contributed by atoms with van der Waals surface area (Å²) in [5, 5.41) is 12.5. The molecule has 5 heterocycles. The molecule has 8 nitrogen and oxygen atoms in total. The molecule has 0 radical (unpaired) electrons. The van der Waals surface area contributed by atoms with Crippen LogP contribution in [0.15, 0.2) is 55.2 Å². The monoisotopic (exact) mass is 330 g/mol. The molecule has 0 aliphatic carbocycles. The Hall–Kier alpha value is -3.55. The van der Waals surface area contributed by atoms with Crippen molar-refractivity contribution in [1.29, 1.82) is 0 Å². The number of aromatic nitrogens is 8. The van der Waals surface area contributed by atoms with E-state index in [0.29, 0.717) is 17.8 Å². The third-order valence-corrected chi connectivity index (χ3v) is 4.15. The van der Waals surface area contributed by atoms with Gasteiger partial charge < -0.3 is 4.40 Å². The molecule has 0 aliphatic rings. The van der Waals surface area contributed by atoms with Crippen LogP contribution >= 0.6 is 0 Å². The summed E-state index contributed by atoms with van der Waals surface area (Å²) in [7, 11) is 1.87. The molecule has 0 N–H and O–H groups in total. The lowest BCUT2D eigenvalue weighted by atomic mass is 10.2. The summed E-state index contributed by atoms with van der Waals surface area (Å²) in [5.74, 6) is 0. The molecule has 0 saturated heterocycles. The van der Waals surface area contributed by atoms with E-state index in [1.54, 1.807) is 21.8 Å². The van der Waals surface area contributed by atoms with Gasteiger partial charge in [0.05, 0.1) is 24.6 Å². The van der Waals surface area contributed by atoms with Gasteiger partial charge >= 0.3 is 0 Å². The maximum atomic E-state index is 4.68. The zero-order valence-electron chi connectivity index (χ0n) is 13.5. The van der Waals surface area contributed by atoms with Crippen LogP contribution < -0.4 is 0 Å². The fraction of sp³-hybridized carbons (Fsp3) is 0.118. The average Bonchev–Trinajstić information content (AvgIpc) is 3.34. The summed E-state index contributed by atoms with van der Waals surface area (Å²) in [5.41, 5.74) is 5.14. The number of hydrogen-bond donors (Lipinski definition) is 0. The minimum atomic E-state index is 0.537. The highest BCUT2D eigenvalue weighted by molar-refractivity contribution is 5.69. The molecular weight excluding hydrogens is 316 g/mol. The lowest BCUT2D eigenvalue weighted by Gasteiger charge is -2.04. The highest BCUT2D eigenvalue weighted by Gasteiger charge is 2.11. The standard InChI is InChI=1S/C17H14N8/c1-23-11-13(7-19-23)15-8-18-16-17(20-15)25(22-21-16)10-12-4-5-14-3-2-6-24(14)9-12/h2-9,11H,10H2,1H3. The van der Waals surface area contributed by atoms with E-state index in [0.717, 1.165) is 22.3 Å². The number of hydrogen-bond acceptors (Lipinski definition) is 5. The predicted octanol–water partition coefficient (Wildman–Crippen LogP) is 1.92. The van der Waals surface area contributed by atoms with E-state index in [-0.39, 0.29) is 0 Å². The van der Waals surface area contributed by atoms with Gasteiger partial charge in [-0.05, 0) is 23.8 Å². The second kappa shape index (κ2) is 5.23. The number of nitrogens with zero attached hydrogens (tertiary/aromatic N) is 8. The summed E-state index contributed by atoms with van der Waals surface area (Å²) < 4.78 is 5.59. The molecule has 0 spiro atoms. The van der Waals surface area contributed by atoms with Gasteiger partial charge in [-0.1, -0.05) is 11.3 Å². The van der Waals surface area contributed by atoms with Gasteiger partial charge in [0.15, 0.2) is 5.65 Å². The van der Waals surface area contributed by atoms with Crippen molar-refractivity contribution in [2.24, 2.45) is 7.05 Å². The van der Waals surface area contributed by atoms with Gasteiger partial charge in [0.2, 0.25) is 5.65 Å². The van der Waals surface area contributed by atoms with Crippen molar-refractivity contribution in [3.8, 4) is 11.3 Å². The topological polar surface area (TPSA) is 78.7 Å². The first-order chi connectivity index (χ1) is 12.3. The molecule has 25 heavy (non-hydrogen) atoms. The summed E-state index contributed by atoms with van der Waals surface area (Å²) in [6, 6.07) is 8.26. The summed E-state index contributed by atoms with van der Waals surface area (Å²) in [6.45, 7) is 0.579. The van der Waals surface area contributed by atoms with Crippen LogP contribution in [0.2, 0.25) is 0 Å². The normalized spacial score (nSPS) is 11.6. The molecule has 0 unspecified atom stereocenters. The van der Waals surface area contributed by atoms with Gasteiger partial charge in [0.1, 0.15) is 0 Å². The van der Waals surface area contributed by atoms with E-state index in [1.165, 1.54) is 0 Å². The minimum Gasteiger partial charge on any atom is -0.324 e. The third-order valence-electron chi connectivity index (χ3n) is 4.15. The molecular formula is C17H14N8. The van der Waals surface area contributed by atoms with E-state index in [1.807, 2.05) is 25.5 Å². The fourth-order valence-corrected chi connectivity index (χ4v) is 2.90. The van der Waals surface area contributed by atoms with Crippen molar-refractivity contribution >= 4 is 16.8 Å². The smallest absolute Gasteiger partial charge is 0.221 e. The number of pyridine rings is 1. The van der Waals surface area contributed by atoms with Gasteiger partial charge in [-0.3, -0.25) is 4.68 Å². The Labute approximate surface area is 142 Å². The molecule has 5 aromatic rings. The van der Waals surface area contributed by atoms with Crippen LogP contribution in [0.1, 0.15) is 5.56 Å². The van der Waals surface area contributed by atoms with Crippen LogP contribution in [-0.2, 0) is 13.6 Å². The fourth-order valence-electron chi connectivity index (χ4n) is 2.90. The molecule has 0 aliphatic heterocycles. The maximum absolute atomic E-state index is 4.68. The van der Waals surface area contributed by atoms with Crippen molar-refractivity contribution in [3.63, 3.8) is 0 Å². The second-order valence-electron chi connectivity index (χ2n) is 5.93. The highest BCUT2D eigenvalue weighted by Crippen LogP contribution is 2.18. The molecule has 0 amide bonds. The molecule has 8 heteroatoms. The van der Waals surface area contributed by atoms with Crippen LogP contribution in [0.5, 0.6) is 0 Å². The Balaban J connectivity index is 1.56. The van der Waals surface area contributed by atoms with Gasteiger partial charge in [-0.2, -0.15) is 5.10 Å². The second-order valence-corrected chi connectivity index (χ2v) is 5.93. The van der Waals surface area contributed by atoms with Crippen LogP contribution in [0.25, 0.3) is 28.1 Å². The van der Waals surface area contributed by atoms with Crippen LogP contribution in [0.3, 0.4) is 0 Å². The quantitative estimate of drug-likeness (QED) is 0.505. The summed E-state index contributed by atoms with van der Waals surface area (Å²) in [6.07, 6.45) is 9.48. The summed E-state index contributed by atoms with van der Waals surface area (Å²) >= 11 is 0. The molecule has 0 bridgehead atoms. The number of aryl methyl sites for hydroxylation is 1. The lowest BCUT2D eigenvalue weighted by molar-refractivity contribution is 0.662. The number of fused-ring (bicyclic) bond motifs is 2. The maximum Gasteiger partial charge on any atom is 0.221 e. The average molecular weight is 330 g/mol. The van der Waals surface area contributed by atoms with Crippen LogP contribution in [0.4, 0.5) is 0 Å². The van der Waals surface area contributed by atoms with E-state index in [2.05, 4.69) is 54.2 Å². The molecule has 122 valence electrons. The zero-order chi connectivity index (χ0) is 16.8. The van der Waals surface area contributed by atoms with E-state index >= 15 is 0 Å². The Morgan fingerprint density at radius 1 is 1.08 bits per heavy atom. The SMILES string of the molecule is Cn1cc(-c2cnc3nnn(Cc4ccc5cccn5c4)c3n2)cn1. The highest BCUT2D eigenvalue weighted by atomic mass is 15.4. The molecule has 0 aromatic carbocycles. The molecule has 5 aromatic heterocycles. The van der Waals surface area contributed by atoms with Gasteiger partial charge in [0.25, 0.3) is 0 Å². The molecule has 0 fully saturated rings. The van der Waals surface area contributed by atoms with E-state index in [4.69, 9.17) is 0 Å². The molecule has 0 atom stereocenters. The Bertz CT molecular complexity index is 1200. The van der Waals surface area contributed by atoms with Crippen molar-refractivity contribution in [2.45, 2.75) is 6.54 Å². The van der Waals surface area contributed by atoms with Gasteiger partial charge in [0, 0.05) is 36.7 Å². The predicted molar refractivity (Wildman–Crippen MR) is 91.8 cm³/mol. The zero-order valence-corrected chi connectivity index (χ0v) is 13.5. The van der Waals surface area contributed by atoms with Crippen molar-refractivity contribution in [1.82, 2.24) is 39.1 Å². The first-order valence-corrected chi connectivity index (χ1v) is 7.87. The van der Waals surface area contributed by atoms with Gasteiger partial charge in [-0.25, -0.2) is 14.6 Å². The van der Waals surface area contributed by atoms with Crippen molar-refractivity contribution in [2.75, 3.05) is 0 Å². The largest absolute Gasteiger partial charge is 0.324 e. The van der Waals surface area contributed by atoms with E-state index < -0.39 is 0 Å². The summed E-state index contributed by atoms with van der Waals surface area (Å²) in [4.78, 5) is 9.05. The first-order valence-electron chi connectivity index (χ1n) is 7.87. The number of rotatable bonds is 3. The van der Waals surface area contributed by atoms with Crippen molar-refractivity contribution in [3.05, 3.63) is 60.8 Å². The lowest BCUT2D eigenvalue weighted by Crippen LogP contribution is -2.04. The Morgan fingerprint density at radius 3 is 2.92 bits per heavy atom. The van der Waals surface area contributed by atoms with Gasteiger partial charge in [-0.15, -0.1) is 5.10 Å². The van der Waals surface area contributed by atoms with Crippen LogP contribution in [0, 0.1) is 0 Å². The third kappa shape index (κ3) is 2.35. The molecule has 5 rings (SSSR count). The van der Waals surface area contributed by atoms with E-state index in [9.17, 15) is 0 Å². The molecule has 0 saturated carbocycles. The van der Waals surface area contributed by atoms with Crippen molar-refractivity contribution < 1.29 is 0 Å². The minimum absolute atomic E-state index is 0.537. The Kier molecular flexibility index (Phi) is 2.90. The Morgan fingerprint density at radius 2 is 2.04 bits per heavy atom. The van der Waals surface area contributed by atoms with Crippen LogP contribution in [-0.4, -0.2) is 39.1 Å². The first kappa shape index (κ1) is 13.8.